The number of halogens is 1. The predicted molar refractivity (Wildman–Crippen MR) is 85.5 cm³/mol. The van der Waals surface area contributed by atoms with E-state index in [4.69, 9.17) is 0 Å². The highest BCUT2D eigenvalue weighted by Crippen LogP contribution is 2.33. The standard InChI is InChI=1S/C14H19N3.HI/c1-2-5-11(6-3-1)9-12-10-13(12)17-14-15-7-4-8-16-14;/h1-3,5-6,12-13H,4,7-10H2,(H2,15,16,17);1H. The van der Waals surface area contributed by atoms with Gasteiger partial charge in [-0.25, -0.2) is 0 Å². The third-order valence-electron chi connectivity index (χ3n) is 3.48. The van der Waals surface area contributed by atoms with E-state index < -0.39 is 0 Å². The van der Waals surface area contributed by atoms with Crippen LogP contribution in [-0.4, -0.2) is 25.1 Å². The Bertz CT molecular complexity index is 405. The molecule has 3 nitrogen and oxygen atoms in total. The number of guanidine groups is 1. The summed E-state index contributed by atoms with van der Waals surface area (Å²) >= 11 is 0. The number of aliphatic imine (C=N–C) groups is 1. The summed E-state index contributed by atoms with van der Waals surface area (Å²) in [5, 5.41) is 6.82. The van der Waals surface area contributed by atoms with Crippen LogP contribution in [0.1, 0.15) is 18.4 Å². The molecule has 1 aliphatic heterocycles. The van der Waals surface area contributed by atoms with E-state index in [0.29, 0.717) is 6.04 Å². The second-order valence-corrected chi connectivity index (χ2v) is 4.95. The molecule has 2 unspecified atom stereocenters. The van der Waals surface area contributed by atoms with Gasteiger partial charge in [-0.05, 0) is 30.7 Å². The molecule has 1 aliphatic carbocycles. The first-order valence-electron chi connectivity index (χ1n) is 6.50. The largest absolute Gasteiger partial charge is 0.356 e. The highest BCUT2D eigenvalue weighted by Gasteiger charge is 2.37. The minimum Gasteiger partial charge on any atom is -0.356 e. The normalized spacial score (nSPS) is 25.4. The first-order chi connectivity index (χ1) is 8.42. The molecule has 1 fully saturated rings. The Morgan fingerprint density at radius 3 is 2.83 bits per heavy atom. The van der Waals surface area contributed by atoms with Crippen molar-refractivity contribution >= 4 is 29.9 Å². The van der Waals surface area contributed by atoms with Crippen LogP contribution < -0.4 is 10.6 Å². The van der Waals surface area contributed by atoms with E-state index in [1.165, 1.54) is 18.4 Å². The molecule has 3 rings (SSSR count). The van der Waals surface area contributed by atoms with Gasteiger partial charge in [0, 0.05) is 19.1 Å². The van der Waals surface area contributed by atoms with Crippen molar-refractivity contribution in [3.8, 4) is 0 Å². The van der Waals surface area contributed by atoms with Gasteiger partial charge >= 0.3 is 0 Å². The van der Waals surface area contributed by atoms with Gasteiger partial charge in [-0.15, -0.1) is 24.0 Å². The summed E-state index contributed by atoms with van der Waals surface area (Å²) in [5.41, 5.74) is 1.44. The lowest BCUT2D eigenvalue weighted by atomic mass is 10.1. The van der Waals surface area contributed by atoms with Crippen LogP contribution in [-0.2, 0) is 6.42 Å². The molecule has 0 radical (unpaired) electrons. The average molecular weight is 357 g/mol. The molecule has 0 spiro atoms. The van der Waals surface area contributed by atoms with E-state index >= 15 is 0 Å². The number of rotatable bonds is 3. The number of nitrogens with one attached hydrogen (secondary N) is 2. The monoisotopic (exact) mass is 357 g/mol. The van der Waals surface area contributed by atoms with Gasteiger partial charge in [-0.1, -0.05) is 30.3 Å². The smallest absolute Gasteiger partial charge is 0.191 e. The topological polar surface area (TPSA) is 36.4 Å². The first-order valence-corrected chi connectivity index (χ1v) is 6.50. The predicted octanol–water partition coefficient (Wildman–Crippen LogP) is 2.17. The van der Waals surface area contributed by atoms with Crippen LogP contribution in [0, 0.1) is 5.92 Å². The maximum Gasteiger partial charge on any atom is 0.191 e. The summed E-state index contributed by atoms with van der Waals surface area (Å²) in [5.74, 6) is 1.79. The van der Waals surface area contributed by atoms with Crippen LogP contribution in [0.2, 0.25) is 0 Å². The Labute approximate surface area is 125 Å². The second-order valence-electron chi connectivity index (χ2n) is 4.95. The van der Waals surface area contributed by atoms with Crippen LogP contribution in [0.3, 0.4) is 0 Å². The zero-order valence-corrected chi connectivity index (χ0v) is 12.8. The van der Waals surface area contributed by atoms with Crippen LogP contribution in [0.25, 0.3) is 0 Å². The minimum atomic E-state index is 0. The molecule has 0 aromatic heterocycles. The van der Waals surface area contributed by atoms with E-state index in [-0.39, 0.29) is 24.0 Å². The molecule has 2 aliphatic rings. The van der Waals surface area contributed by atoms with E-state index in [0.717, 1.165) is 31.4 Å². The Hall–Kier alpha value is -0.780. The lowest BCUT2D eigenvalue weighted by molar-refractivity contribution is 0.677. The maximum atomic E-state index is 4.45. The summed E-state index contributed by atoms with van der Waals surface area (Å²) in [6.07, 6.45) is 3.62. The van der Waals surface area contributed by atoms with Crippen molar-refractivity contribution in [3.05, 3.63) is 35.9 Å². The van der Waals surface area contributed by atoms with Crippen LogP contribution >= 0.6 is 24.0 Å². The van der Waals surface area contributed by atoms with Gasteiger partial charge in [0.05, 0.1) is 0 Å². The molecule has 1 aromatic rings. The lowest BCUT2D eigenvalue weighted by Crippen LogP contribution is -2.42. The summed E-state index contributed by atoms with van der Waals surface area (Å²) < 4.78 is 0. The third kappa shape index (κ3) is 3.60. The van der Waals surface area contributed by atoms with Gasteiger partial charge < -0.3 is 10.6 Å². The Kier molecular flexibility index (Phi) is 4.86. The van der Waals surface area contributed by atoms with Crippen LogP contribution in [0.15, 0.2) is 35.3 Å². The van der Waals surface area contributed by atoms with Gasteiger partial charge in [0.1, 0.15) is 0 Å². The Morgan fingerprint density at radius 2 is 2.11 bits per heavy atom. The van der Waals surface area contributed by atoms with Crippen molar-refractivity contribution in [2.45, 2.75) is 25.3 Å². The maximum absolute atomic E-state index is 4.45. The zero-order chi connectivity index (χ0) is 11.5. The van der Waals surface area contributed by atoms with E-state index in [9.17, 15) is 0 Å². The summed E-state index contributed by atoms with van der Waals surface area (Å²) in [7, 11) is 0. The fourth-order valence-corrected chi connectivity index (χ4v) is 2.37. The van der Waals surface area contributed by atoms with E-state index in [2.05, 4.69) is 46.0 Å². The van der Waals surface area contributed by atoms with Crippen molar-refractivity contribution in [2.24, 2.45) is 10.9 Å². The van der Waals surface area contributed by atoms with Crippen molar-refractivity contribution in [1.29, 1.82) is 0 Å². The molecule has 0 saturated heterocycles. The fourth-order valence-electron chi connectivity index (χ4n) is 2.37. The van der Waals surface area contributed by atoms with Gasteiger partial charge in [0.15, 0.2) is 5.96 Å². The molecule has 1 aromatic carbocycles. The summed E-state index contributed by atoms with van der Waals surface area (Å²) in [6.45, 7) is 2.02. The van der Waals surface area contributed by atoms with Gasteiger partial charge in [-0.3, -0.25) is 4.99 Å². The Balaban J connectivity index is 0.00000120. The van der Waals surface area contributed by atoms with E-state index in [1.54, 1.807) is 0 Å². The van der Waals surface area contributed by atoms with Gasteiger partial charge in [-0.2, -0.15) is 0 Å². The molecule has 0 amide bonds. The van der Waals surface area contributed by atoms with E-state index in [1.807, 2.05) is 0 Å². The minimum absolute atomic E-state index is 0. The number of hydrogen-bond donors (Lipinski definition) is 2. The van der Waals surface area contributed by atoms with Crippen LogP contribution in [0.5, 0.6) is 0 Å². The molecule has 2 N–H and O–H groups in total. The number of hydrogen-bond acceptors (Lipinski definition) is 3. The average Bonchev–Trinajstić information content (AvgIpc) is 3.10. The Morgan fingerprint density at radius 1 is 1.28 bits per heavy atom. The van der Waals surface area contributed by atoms with Gasteiger partial charge in [0.2, 0.25) is 0 Å². The molecule has 1 heterocycles. The zero-order valence-electron chi connectivity index (χ0n) is 10.4. The summed E-state index contributed by atoms with van der Waals surface area (Å²) in [4.78, 5) is 4.45. The highest BCUT2D eigenvalue weighted by atomic mass is 127. The third-order valence-corrected chi connectivity index (χ3v) is 3.48. The SMILES string of the molecule is I.c1ccc(CC2CC2NC2=NCCCN2)cc1. The van der Waals surface area contributed by atoms with Gasteiger partial charge in [0.25, 0.3) is 0 Å². The molecule has 98 valence electrons. The first kappa shape index (κ1) is 13.6. The fraction of sp³-hybridized carbons (Fsp3) is 0.500. The van der Waals surface area contributed by atoms with Crippen LogP contribution in [0.4, 0.5) is 0 Å². The molecular formula is C14H20IN3. The molecule has 2 atom stereocenters. The number of nitrogens with zero attached hydrogens (tertiary/aromatic N) is 1. The molecule has 0 bridgehead atoms. The molecular weight excluding hydrogens is 337 g/mol. The molecule has 18 heavy (non-hydrogen) atoms. The van der Waals surface area contributed by atoms with Crippen molar-refractivity contribution in [1.82, 2.24) is 10.6 Å². The second kappa shape index (κ2) is 6.41. The number of benzene rings is 1. The summed E-state index contributed by atoms with van der Waals surface area (Å²) in [6, 6.07) is 11.4. The highest BCUT2D eigenvalue weighted by molar-refractivity contribution is 14.0. The quantitative estimate of drug-likeness (QED) is 0.814. The van der Waals surface area contributed by atoms with Crippen molar-refractivity contribution < 1.29 is 0 Å². The molecule has 1 saturated carbocycles. The molecule has 4 heteroatoms. The van der Waals surface area contributed by atoms with Crippen molar-refractivity contribution in [3.63, 3.8) is 0 Å². The lowest BCUT2D eigenvalue weighted by Gasteiger charge is -2.15. The van der Waals surface area contributed by atoms with Crippen molar-refractivity contribution in [2.75, 3.05) is 13.1 Å².